The van der Waals surface area contributed by atoms with Crippen LogP contribution in [-0.2, 0) is 0 Å². The van der Waals surface area contributed by atoms with Gasteiger partial charge in [-0.3, -0.25) is 5.43 Å². The number of hydrogen-bond donors (Lipinski definition) is 2. The normalized spacial score (nSPS) is 23.7. The van der Waals surface area contributed by atoms with Crippen molar-refractivity contribution in [1.82, 2.24) is 0 Å². The van der Waals surface area contributed by atoms with E-state index in [0.29, 0.717) is 0 Å². The molecule has 1 aliphatic rings. The van der Waals surface area contributed by atoms with E-state index in [1.165, 1.54) is 44.9 Å². The summed E-state index contributed by atoms with van der Waals surface area (Å²) in [6.45, 7) is 0. The van der Waals surface area contributed by atoms with E-state index in [1.807, 2.05) is 5.43 Å². The summed E-state index contributed by atoms with van der Waals surface area (Å²) in [5, 5.41) is 0. The molecule has 0 amide bonds. The second kappa shape index (κ2) is 4.69. The maximum Gasteiger partial charge on any atom is 0.103 e. The molecule has 0 bridgehead atoms. The van der Waals surface area contributed by atoms with Gasteiger partial charge in [0.25, 0.3) is 0 Å². The maximum atomic E-state index is 5.50. The molecule has 2 heteroatoms. The van der Waals surface area contributed by atoms with Gasteiger partial charge in [-0.1, -0.05) is 19.3 Å². The predicted molar refractivity (Wildman–Crippen MR) is 42.2 cm³/mol. The van der Waals surface area contributed by atoms with E-state index in [2.05, 4.69) is 0 Å². The van der Waals surface area contributed by atoms with Crippen LogP contribution in [0.25, 0.3) is 0 Å². The van der Waals surface area contributed by atoms with Crippen molar-refractivity contribution < 1.29 is 5.43 Å². The van der Waals surface area contributed by atoms with E-state index in [-0.39, 0.29) is 0 Å². The quantitative estimate of drug-likeness (QED) is 0.408. The Kier molecular flexibility index (Phi) is 3.76. The molecule has 1 aliphatic carbocycles. The summed E-state index contributed by atoms with van der Waals surface area (Å²) in [5.74, 6) is 5.50. The fourth-order valence-electron chi connectivity index (χ4n) is 1.68. The Bertz CT molecular complexity index is 75.3. The zero-order valence-electron chi connectivity index (χ0n) is 6.68. The summed E-state index contributed by atoms with van der Waals surface area (Å²) >= 11 is 0. The lowest BCUT2D eigenvalue weighted by Gasteiger charge is -2.14. The lowest BCUT2D eigenvalue weighted by Crippen LogP contribution is -2.96. The molecule has 2 nitrogen and oxygen atoms in total. The van der Waals surface area contributed by atoms with Gasteiger partial charge in [-0.25, -0.2) is 0 Å². The topological polar surface area (TPSA) is 42.6 Å². The molecule has 0 aliphatic heterocycles. The minimum atomic E-state index is 0.722. The van der Waals surface area contributed by atoms with Gasteiger partial charge in [0.15, 0.2) is 0 Å². The summed E-state index contributed by atoms with van der Waals surface area (Å²) in [7, 11) is 0. The largest absolute Gasteiger partial charge is 0.269 e. The predicted octanol–water partition coefficient (Wildman–Crippen LogP) is 0.536. The third-order valence-corrected chi connectivity index (χ3v) is 2.42. The van der Waals surface area contributed by atoms with Crippen LogP contribution < -0.4 is 11.3 Å². The number of quaternary nitrogens is 1. The first-order chi connectivity index (χ1) is 4.93. The van der Waals surface area contributed by atoms with Crippen molar-refractivity contribution in [3.8, 4) is 0 Å². The van der Waals surface area contributed by atoms with Crippen LogP contribution in [0, 0.1) is 0 Å². The van der Waals surface area contributed by atoms with Gasteiger partial charge in [0.2, 0.25) is 0 Å². The fourth-order valence-corrected chi connectivity index (χ4v) is 1.68. The molecule has 0 heterocycles. The Morgan fingerprint density at radius 2 is 1.40 bits per heavy atom. The summed E-state index contributed by atoms with van der Waals surface area (Å²) in [6, 6.07) is 0.722. The SMILES string of the molecule is N[NH2+]C1CCCCCCC1. The Hall–Kier alpha value is -0.0800. The van der Waals surface area contributed by atoms with Gasteiger partial charge in [-0.05, 0) is 12.8 Å². The van der Waals surface area contributed by atoms with Crippen molar-refractivity contribution in [2.24, 2.45) is 5.84 Å². The third-order valence-electron chi connectivity index (χ3n) is 2.42. The zero-order chi connectivity index (χ0) is 7.23. The molecule has 0 aromatic carbocycles. The molecule has 60 valence electrons. The molecule has 1 rings (SSSR count). The van der Waals surface area contributed by atoms with Gasteiger partial charge in [-0.15, -0.1) is 0 Å². The van der Waals surface area contributed by atoms with Crippen LogP contribution in [0.4, 0.5) is 0 Å². The Labute approximate surface area is 63.1 Å². The molecule has 0 aromatic heterocycles. The zero-order valence-corrected chi connectivity index (χ0v) is 6.68. The first-order valence-electron chi connectivity index (χ1n) is 4.48. The molecule has 0 radical (unpaired) electrons. The standard InChI is InChI=1S/C8H18N2/c9-10-8-6-4-2-1-3-5-7-8/h8,10H,1-7,9H2/p+1. The van der Waals surface area contributed by atoms with Gasteiger partial charge < -0.3 is 0 Å². The molecule has 1 fully saturated rings. The highest BCUT2D eigenvalue weighted by molar-refractivity contribution is 4.59. The number of nitrogens with two attached hydrogens (primary N) is 2. The Balaban J connectivity index is 2.16. The summed E-state index contributed by atoms with van der Waals surface area (Å²) < 4.78 is 0. The van der Waals surface area contributed by atoms with E-state index < -0.39 is 0 Å². The van der Waals surface area contributed by atoms with E-state index >= 15 is 0 Å². The lowest BCUT2D eigenvalue weighted by molar-refractivity contribution is -0.703. The molecular weight excluding hydrogens is 124 g/mol. The molecule has 0 aromatic rings. The molecule has 0 unspecified atom stereocenters. The van der Waals surface area contributed by atoms with Gasteiger partial charge in [0, 0.05) is 12.8 Å². The molecule has 0 spiro atoms. The second-order valence-corrected chi connectivity index (χ2v) is 3.30. The van der Waals surface area contributed by atoms with Gasteiger partial charge in [0.05, 0.1) is 0 Å². The fraction of sp³-hybridized carbons (Fsp3) is 1.00. The third kappa shape index (κ3) is 2.67. The van der Waals surface area contributed by atoms with Crippen molar-refractivity contribution in [2.75, 3.05) is 0 Å². The average Bonchev–Trinajstić information content (AvgIpc) is 1.87. The lowest BCUT2D eigenvalue weighted by atomic mass is 9.97. The van der Waals surface area contributed by atoms with Crippen LogP contribution >= 0.6 is 0 Å². The summed E-state index contributed by atoms with van der Waals surface area (Å²) in [4.78, 5) is 0. The minimum absolute atomic E-state index is 0.722. The van der Waals surface area contributed by atoms with Crippen LogP contribution in [0.5, 0.6) is 0 Å². The van der Waals surface area contributed by atoms with E-state index in [0.717, 1.165) is 6.04 Å². The van der Waals surface area contributed by atoms with Crippen molar-refractivity contribution in [3.63, 3.8) is 0 Å². The van der Waals surface area contributed by atoms with Gasteiger partial charge in [-0.2, -0.15) is 5.84 Å². The van der Waals surface area contributed by atoms with Crippen molar-refractivity contribution in [3.05, 3.63) is 0 Å². The Morgan fingerprint density at radius 1 is 0.900 bits per heavy atom. The van der Waals surface area contributed by atoms with E-state index in [9.17, 15) is 0 Å². The van der Waals surface area contributed by atoms with Gasteiger partial charge in [0.1, 0.15) is 6.04 Å². The van der Waals surface area contributed by atoms with Crippen LogP contribution in [0.15, 0.2) is 0 Å². The van der Waals surface area contributed by atoms with Crippen molar-refractivity contribution in [1.29, 1.82) is 0 Å². The molecular formula is C8H19N2+. The van der Waals surface area contributed by atoms with Crippen molar-refractivity contribution >= 4 is 0 Å². The molecule has 4 N–H and O–H groups in total. The van der Waals surface area contributed by atoms with Crippen LogP contribution in [0.1, 0.15) is 44.9 Å². The van der Waals surface area contributed by atoms with E-state index in [1.54, 1.807) is 0 Å². The summed E-state index contributed by atoms with van der Waals surface area (Å²) in [5.41, 5.74) is 1.89. The second-order valence-electron chi connectivity index (χ2n) is 3.30. The Morgan fingerprint density at radius 3 is 1.90 bits per heavy atom. The molecule has 1 saturated carbocycles. The monoisotopic (exact) mass is 143 g/mol. The van der Waals surface area contributed by atoms with Crippen molar-refractivity contribution in [2.45, 2.75) is 51.0 Å². The van der Waals surface area contributed by atoms with Crippen LogP contribution in [0.3, 0.4) is 0 Å². The number of hydrogen-bond acceptors (Lipinski definition) is 1. The molecule has 10 heavy (non-hydrogen) atoms. The average molecular weight is 143 g/mol. The highest BCUT2D eigenvalue weighted by Gasteiger charge is 2.11. The van der Waals surface area contributed by atoms with Crippen LogP contribution in [-0.4, -0.2) is 6.04 Å². The minimum Gasteiger partial charge on any atom is -0.269 e. The highest BCUT2D eigenvalue weighted by atomic mass is 15.2. The van der Waals surface area contributed by atoms with Crippen LogP contribution in [0.2, 0.25) is 0 Å². The number of rotatable bonds is 1. The first-order valence-corrected chi connectivity index (χ1v) is 4.48. The van der Waals surface area contributed by atoms with E-state index in [4.69, 9.17) is 5.84 Å². The molecule has 0 saturated heterocycles. The van der Waals surface area contributed by atoms with Gasteiger partial charge >= 0.3 is 0 Å². The maximum absolute atomic E-state index is 5.50. The smallest absolute Gasteiger partial charge is 0.103 e. The highest BCUT2D eigenvalue weighted by Crippen LogP contribution is 2.14. The molecule has 0 atom stereocenters. The first kappa shape index (κ1) is 8.02. The summed E-state index contributed by atoms with van der Waals surface area (Å²) in [6.07, 6.45) is 9.72.